The lowest BCUT2D eigenvalue weighted by Gasteiger charge is -2.18. The van der Waals surface area contributed by atoms with Crippen LogP contribution in [0.4, 0.5) is 10.1 Å². The number of para-hydroxylation sites is 1. The molecule has 2 aromatic rings. The highest BCUT2D eigenvalue weighted by molar-refractivity contribution is 6.03. The Morgan fingerprint density at radius 2 is 2.07 bits per heavy atom. The van der Waals surface area contributed by atoms with Crippen LogP contribution >= 0.6 is 0 Å². The molecule has 0 spiro atoms. The minimum Gasteiger partial charge on any atom is -0.382 e. The predicted molar refractivity (Wildman–Crippen MR) is 113 cm³/mol. The first-order valence-corrected chi connectivity index (χ1v) is 10.0. The Hall–Kier alpha value is -2.99. The molecule has 0 aromatic heterocycles. The second-order valence-corrected chi connectivity index (χ2v) is 7.61. The lowest BCUT2D eigenvalue weighted by Crippen LogP contribution is -2.26. The van der Waals surface area contributed by atoms with Crippen molar-refractivity contribution in [3.8, 4) is 0 Å². The number of ether oxygens (including phenoxy) is 1. The molecule has 0 aliphatic carbocycles. The van der Waals surface area contributed by atoms with Gasteiger partial charge < -0.3 is 10.1 Å². The number of anilines is 1. The van der Waals surface area contributed by atoms with Crippen LogP contribution in [0.15, 0.2) is 70.8 Å². The molecule has 3 atom stereocenters. The van der Waals surface area contributed by atoms with Crippen molar-refractivity contribution < 1.29 is 9.13 Å². The van der Waals surface area contributed by atoms with Crippen LogP contribution in [-0.2, 0) is 4.74 Å². The minimum atomic E-state index is -0.222. The van der Waals surface area contributed by atoms with Gasteiger partial charge in [0.15, 0.2) is 6.17 Å². The van der Waals surface area contributed by atoms with Gasteiger partial charge >= 0.3 is 0 Å². The molecule has 3 unspecified atom stereocenters. The molecule has 6 heteroatoms. The topological polar surface area (TPSA) is 49.2 Å². The highest BCUT2D eigenvalue weighted by Gasteiger charge is 2.29. The number of nitrogens with one attached hydrogen (secondary N) is 1. The number of fused-ring (bicyclic) bond motifs is 1. The van der Waals surface area contributed by atoms with E-state index >= 15 is 0 Å². The van der Waals surface area contributed by atoms with Crippen LogP contribution in [0.1, 0.15) is 23.5 Å². The quantitative estimate of drug-likeness (QED) is 0.845. The third-order valence-electron chi connectivity index (χ3n) is 5.65. The number of halogens is 1. The van der Waals surface area contributed by atoms with E-state index in [2.05, 4.69) is 15.4 Å². The van der Waals surface area contributed by atoms with Crippen molar-refractivity contribution in [3.05, 3.63) is 77.6 Å². The van der Waals surface area contributed by atoms with Gasteiger partial charge in [-0.15, -0.1) is 0 Å². The smallest absolute Gasteiger partial charge is 0.156 e. The summed E-state index contributed by atoms with van der Waals surface area (Å²) in [6.07, 6.45) is 6.46. The number of aliphatic imine (C=N–C) groups is 1. The molecule has 3 aliphatic heterocycles. The number of hydrazone groups is 1. The van der Waals surface area contributed by atoms with E-state index in [9.17, 15) is 4.39 Å². The number of hydrogen-bond acceptors (Lipinski definition) is 5. The molecule has 3 aliphatic rings. The Kier molecular flexibility index (Phi) is 4.86. The van der Waals surface area contributed by atoms with Crippen LogP contribution < -0.4 is 5.32 Å². The average Bonchev–Trinajstić information content (AvgIpc) is 3.40. The Bertz CT molecular complexity index is 972. The standard InChI is InChI=1S/C23H23FN4O/c24-21-12-16(8-9-20(21)22-14-28-23(27-22)7-4-10-26-28)17-11-19(29-15-17)13-25-18-5-2-1-3-6-18/h1-10,12,17,19,23,25H,11,13-15H2. The molecule has 0 amide bonds. The third kappa shape index (κ3) is 3.80. The lowest BCUT2D eigenvalue weighted by molar-refractivity contribution is 0.119. The molecule has 1 saturated heterocycles. The van der Waals surface area contributed by atoms with E-state index in [0.29, 0.717) is 18.7 Å². The van der Waals surface area contributed by atoms with Crippen molar-refractivity contribution in [1.29, 1.82) is 0 Å². The molecule has 0 bridgehead atoms. The predicted octanol–water partition coefficient (Wildman–Crippen LogP) is 3.80. The molecule has 3 heterocycles. The first-order valence-electron chi connectivity index (χ1n) is 10.0. The van der Waals surface area contributed by atoms with Crippen molar-refractivity contribution in [1.82, 2.24) is 5.01 Å². The molecule has 1 fully saturated rings. The van der Waals surface area contributed by atoms with E-state index < -0.39 is 0 Å². The number of benzene rings is 2. The van der Waals surface area contributed by atoms with Crippen molar-refractivity contribution in [2.24, 2.45) is 10.1 Å². The average molecular weight is 390 g/mol. The summed E-state index contributed by atoms with van der Waals surface area (Å²) in [5.74, 6) is -0.00887. The molecule has 29 heavy (non-hydrogen) atoms. The molecule has 0 radical (unpaired) electrons. The Morgan fingerprint density at radius 1 is 1.17 bits per heavy atom. The van der Waals surface area contributed by atoms with Crippen LogP contribution in [0.5, 0.6) is 0 Å². The van der Waals surface area contributed by atoms with Crippen molar-refractivity contribution in [2.45, 2.75) is 24.6 Å². The Balaban J connectivity index is 1.23. The van der Waals surface area contributed by atoms with Gasteiger partial charge in [0, 0.05) is 29.9 Å². The first kappa shape index (κ1) is 18.1. The summed E-state index contributed by atoms with van der Waals surface area (Å²) >= 11 is 0. The zero-order valence-corrected chi connectivity index (χ0v) is 16.0. The maximum Gasteiger partial charge on any atom is 0.156 e. The summed E-state index contributed by atoms with van der Waals surface area (Å²) < 4.78 is 20.8. The maximum absolute atomic E-state index is 14.9. The van der Waals surface area contributed by atoms with Gasteiger partial charge in [-0.25, -0.2) is 4.39 Å². The number of nitrogens with zero attached hydrogens (tertiary/aromatic N) is 3. The van der Waals surface area contributed by atoms with E-state index in [0.717, 1.165) is 29.9 Å². The van der Waals surface area contributed by atoms with Gasteiger partial charge in [-0.05, 0) is 48.4 Å². The number of rotatable bonds is 5. The molecular formula is C23H23FN4O. The summed E-state index contributed by atoms with van der Waals surface area (Å²) in [7, 11) is 0. The van der Waals surface area contributed by atoms with Crippen LogP contribution in [0.2, 0.25) is 0 Å². The maximum atomic E-state index is 14.9. The Labute approximate surface area is 169 Å². The summed E-state index contributed by atoms with van der Waals surface area (Å²) in [6, 6.07) is 15.6. The molecule has 2 aromatic carbocycles. The second kappa shape index (κ2) is 7.79. The zero-order chi connectivity index (χ0) is 19.6. The summed E-state index contributed by atoms with van der Waals surface area (Å²) in [5, 5.41) is 9.55. The largest absolute Gasteiger partial charge is 0.382 e. The van der Waals surface area contributed by atoms with E-state index in [1.165, 1.54) is 0 Å². The van der Waals surface area contributed by atoms with Gasteiger partial charge in [0.2, 0.25) is 0 Å². The molecule has 148 valence electrons. The van der Waals surface area contributed by atoms with Gasteiger partial charge in [0.25, 0.3) is 0 Å². The fraction of sp³-hybridized carbons (Fsp3) is 0.304. The zero-order valence-electron chi connectivity index (χ0n) is 16.0. The summed E-state index contributed by atoms with van der Waals surface area (Å²) in [6.45, 7) is 1.90. The van der Waals surface area contributed by atoms with E-state index in [4.69, 9.17) is 4.74 Å². The fourth-order valence-electron chi connectivity index (χ4n) is 4.08. The summed E-state index contributed by atoms with van der Waals surface area (Å²) in [5.41, 5.74) is 3.38. The van der Waals surface area contributed by atoms with E-state index in [1.54, 1.807) is 12.3 Å². The first-order chi connectivity index (χ1) is 14.3. The van der Waals surface area contributed by atoms with Crippen molar-refractivity contribution >= 4 is 17.6 Å². The molecule has 5 nitrogen and oxygen atoms in total. The normalized spacial score (nSPS) is 25.2. The monoisotopic (exact) mass is 390 g/mol. The molecule has 1 N–H and O–H groups in total. The Morgan fingerprint density at radius 3 is 2.90 bits per heavy atom. The fourth-order valence-corrected chi connectivity index (χ4v) is 4.08. The van der Waals surface area contributed by atoms with E-state index in [-0.39, 0.29) is 24.0 Å². The second-order valence-electron chi connectivity index (χ2n) is 7.61. The molecule has 0 saturated carbocycles. The van der Waals surface area contributed by atoms with Gasteiger partial charge in [-0.2, -0.15) is 5.10 Å². The molecular weight excluding hydrogens is 367 g/mol. The van der Waals surface area contributed by atoms with Crippen molar-refractivity contribution in [2.75, 3.05) is 25.0 Å². The van der Waals surface area contributed by atoms with Gasteiger partial charge in [0.05, 0.1) is 25.0 Å². The van der Waals surface area contributed by atoms with Crippen LogP contribution in [0.25, 0.3) is 0 Å². The highest BCUT2D eigenvalue weighted by atomic mass is 19.1. The number of allylic oxidation sites excluding steroid dienone is 1. The number of hydrogen-bond donors (Lipinski definition) is 1. The lowest BCUT2D eigenvalue weighted by atomic mass is 9.94. The van der Waals surface area contributed by atoms with E-state index in [1.807, 2.05) is 59.6 Å². The highest BCUT2D eigenvalue weighted by Crippen LogP contribution is 2.31. The SMILES string of the molecule is Fc1cc(C2COC(CNc3ccccc3)C2)ccc1C1=NC2C=CC=NN2C1. The minimum absolute atomic E-state index is 0.116. The van der Waals surface area contributed by atoms with Crippen LogP contribution in [0, 0.1) is 5.82 Å². The van der Waals surface area contributed by atoms with Crippen molar-refractivity contribution in [3.63, 3.8) is 0 Å². The van der Waals surface area contributed by atoms with Gasteiger partial charge in [-0.3, -0.25) is 10.0 Å². The molecule has 5 rings (SSSR count). The summed E-state index contributed by atoms with van der Waals surface area (Å²) in [4.78, 5) is 4.60. The third-order valence-corrected chi connectivity index (χ3v) is 5.65. The van der Waals surface area contributed by atoms with Gasteiger partial charge in [0.1, 0.15) is 5.82 Å². The van der Waals surface area contributed by atoms with Crippen LogP contribution in [-0.4, -0.2) is 48.9 Å². The van der Waals surface area contributed by atoms with Gasteiger partial charge in [-0.1, -0.05) is 24.3 Å². The van der Waals surface area contributed by atoms with Crippen LogP contribution in [0.3, 0.4) is 0 Å².